The van der Waals surface area contributed by atoms with E-state index in [0.29, 0.717) is 45.1 Å². The molecule has 11 nitrogen and oxygen atoms in total. The molecule has 1 aliphatic carbocycles. The second-order valence-electron chi connectivity index (χ2n) is 10.6. The highest BCUT2D eigenvalue weighted by molar-refractivity contribution is 9.10. The minimum absolute atomic E-state index is 0.00660. The predicted molar refractivity (Wildman–Crippen MR) is 158 cm³/mol. The van der Waals surface area contributed by atoms with Crippen LogP contribution in [0, 0.1) is 12.8 Å². The van der Waals surface area contributed by atoms with Gasteiger partial charge in [-0.25, -0.2) is 19.9 Å². The first-order chi connectivity index (χ1) is 19.9. The first kappa shape index (κ1) is 25.5. The molecule has 1 saturated heterocycles. The number of nitrogens with two attached hydrogens (primary N) is 1. The number of hydrogen-bond donors (Lipinski definition) is 2. The summed E-state index contributed by atoms with van der Waals surface area (Å²) in [5.41, 5.74) is 10.8. The van der Waals surface area contributed by atoms with Crippen molar-refractivity contribution in [3.63, 3.8) is 0 Å². The van der Waals surface area contributed by atoms with Crippen LogP contribution in [0.3, 0.4) is 0 Å². The van der Waals surface area contributed by atoms with Gasteiger partial charge >= 0.3 is 0 Å². The number of halogens is 1. The number of nitrogens with zero attached hydrogens (tertiary/aromatic N) is 7. The van der Waals surface area contributed by atoms with E-state index >= 15 is 0 Å². The van der Waals surface area contributed by atoms with Crippen LogP contribution in [0.1, 0.15) is 24.8 Å². The second-order valence-corrected chi connectivity index (χ2v) is 11.4. The van der Waals surface area contributed by atoms with Crippen LogP contribution in [0.4, 0.5) is 11.6 Å². The fourth-order valence-corrected chi connectivity index (χ4v) is 6.59. The Labute approximate surface area is 243 Å². The van der Waals surface area contributed by atoms with Gasteiger partial charge in [0.25, 0.3) is 0 Å². The first-order valence-corrected chi connectivity index (χ1v) is 14.2. The molecule has 1 saturated carbocycles. The summed E-state index contributed by atoms with van der Waals surface area (Å²) in [7, 11) is 0. The summed E-state index contributed by atoms with van der Waals surface area (Å²) in [6, 6.07) is 10.6. The van der Waals surface area contributed by atoms with Crippen molar-refractivity contribution in [3.05, 3.63) is 65.3 Å². The van der Waals surface area contributed by atoms with Crippen molar-refractivity contribution in [1.82, 2.24) is 34.4 Å². The third-order valence-corrected chi connectivity index (χ3v) is 8.65. The number of carbonyl (C=O) groups is 2. The largest absolute Gasteiger partial charge is 0.383 e. The Morgan fingerprint density at radius 1 is 1.15 bits per heavy atom. The van der Waals surface area contributed by atoms with Crippen molar-refractivity contribution < 1.29 is 9.59 Å². The number of rotatable bonds is 5. The number of carbonyl (C=O) groups excluding carboxylic acids is 2. The summed E-state index contributed by atoms with van der Waals surface area (Å²) in [6.07, 6.45) is 7.39. The van der Waals surface area contributed by atoms with Crippen LogP contribution in [0.2, 0.25) is 0 Å². The lowest BCUT2D eigenvalue weighted by Crippen LogP contribution is -2.50. The molecule has 0 radical (unpaired) electrons. The molecule has 0 aromatic carbocycles. The highest BCUT2D eigenvalue weighted by Crippen LogP contribution is 2.44. The molecule has 5 aromatic heterocycles. The Hall–Kier alpha value is -4.45. The second kappa shape index (κ2) is 9.88. The number of likely N-dealkylation sites (tertiary alicyclic amines) is 1. The third kappa shape index (κ3) is 4.29. The highest BCUT2D eigenvalue weighted by atomic mass is 79.9. The minimum Gasteiger partial charge on any atom is -0.383 e. The molecule has 1 aliphatic heterocycles. The summed E-state index contributed by atoms with van der Waals surface area (Å²) in [6.45, 7) is 1.97. The SMILES string of the molecule is Cc1cc(-c2cccnc2)nc2c3c(N)ncnc3n(CC(=O)N3[C@@H]4CC[C@@H]4C[C@H]3C(=O)Nc3cccc(Br)n3)c12. The van der Waals surface area contributed by atoms with Crippen LogP contribution in [-0.4, -0.2) is 58.3 Å². The minimum atomic E-state index is -0.579. The Kier molecular flexibility index (Phi) is 6.15. The summed E-state index contributed by atoms with van der Waals surface area (Å²) in [4.78, 5) is 51.5. The molecule has 6 heterocycles. The zero-order valence-electron chi connectivity index (χ0n) is 22.2. The Balaban J connectivity index is 1.27. The maximum atomic E-state index is 14.1. The monoisotopic (exact) mass is 611 g/mol. The van der Waals surface area contributed by atoms with Crippen molar-refractivity contribution in [2.24, 2.45) is 5.92 Å². The van der Waals surface area contributed by atoms with Crippen molar-refractivity contribution >= 4 is 61.4 Å². The van der Waals surface area contributed by atoms with E-state index < -0.39 is 6.04 Å². The lowest BCUT2D eigenvalue weighted by Gasteiger charge is -2.37. The van der Waals surface area contributed by atoms with E-state index in [4.69, 9.17) is 10.7 Å². The van der Waals surface area contributed by atoms with Gasteiger partial charge in [-0.3, -0.25) is 14.6 Å². The van der Waals surface area contributed by atoms with E-state index in [9.17, 15) is 9.59 Å². The van der Waals surface area contributed by atoms with Crippen LogP contribution in [0.25, 0.3) is 33.3 Å². The topological polar surface area (TPSA) is 145 Å². The molecule has 0 unspecified atom stereocenters. The van der Waals surface area contributed by atoms with E-state index in [0.717, 1.165) is 35.2 Å². The predicted octanol–water partition coefficient (Wildman–Crippen LogP) is 4.11. The molecule has 41 heavy (non-hydrogen) atoms. The quantitative estimate of drug-likeness (QED) is 0.282. The van der Waals surface area contributed by atoms with Gasteiger partial charge in [0.1, 0.15) is 46.3 Å². The standard InChI is InChI=1S/C29H26BrN9O2/c1-15-10-18(17-4-3-9-32-12-17)35-25-24-27(31)33-14-34-28(24)38(26(15)25)13-23(40)39-19-8-7-16(19)11-20(39)29(41)37-22-6-2-5-21(30)36-22/h2-6,9-10,12,14,16,19-20H,7-8,11,13H2,1H3,(H2,31,33,34)(H,36,37,41)/t16-,19-,20+/m1/s1. The molecular weight excluding hydrogens is 586 g/mol. The molecule has 2 fully saturated rings. The van der Waals surface area contributed by atoms with Gasteiger partial charge in [0.15, 0.2) is 0 Å². The average Bonchev–Trinajstić information content (AvgIpc) is 3.41. The number of aryl methyl sites for hydroxylation is 1. The van der Waals surface area contributed by atoms with Gasteiger partial charge in [-0.15, -0.1) is 0 Å². The van der Waals surface area contributed by atoms with Gasteiger partial charge < -0.3 is 20.5 Å². The molecule has 12 heteroatoms. The molecule has 0 spiro atoms. The molecule has 7 rings (SSSR count). The Bertz CT molecular complexity index is 1840. The average molecular weight is 612 g/mol. The molecule has 3 N–H and O–H groups in total. The van der Waals surface area contributed by atoms with Gasteiger partial charge in [0.05, 0.1) is 16.6 Å². The van der Waals surface area contributed by atoms with Crippen molar-refractivity contribution in [1.29, 1.82) is 0 Å². The normalized spacial score (nSPS) is 19.8. The maximum Gasteiger partial charge on any atom is 0.248 e. The highest BCUT2D eigenvalue weighted by Gasteiger charge is 2.51. The maximum absolute atomic E-state index is 14.1. The van der Waals surface area contributed by atoms with E-state index in [2.05, 4.69) is 41.2 Å². The molecule has 206 valence electrons. The van der Waals surface area contributed by atoms with E-state index in [1.165, 1.54) is 6.33 Å². The lowest BCUT2D eigenvalue weighted by atomic mass is 9.80. The van der Waals surface area contributed by atoms with Crippen LogP contribution >= 0.6 is 15.9 Å². The van der Waals surface area contributed by atoms with Crippen molar-refractivity contribution in [2.45, 2.75) is 44.8 Å². The summed E-state index contributed by atoms with van der Waals surface area (Å²) >= 11 is 3.34. The van der Waals surface area contributed by atoms with E-state index in [-0.39, 0.29) is 24.4 Å². The first-order valence-electron chi connectivity index (χ1n) is 13.4. The van der Waals surface area contributed by atoms with Gasteiger partial charge in [0.2, 0.25) is 11.8 Å². The van der Waals surface area contributed by atoms with Gasteiger partial charge in [-0.1, -0.05) is 6.07 Å². The van der Waals surface area contributed by atoms with Crippen molar-refractivity contribution in [2.75, 3.05) is 11.1 Å². The van der Waals surface area contributed by atoms with Crippen molar-refractivity contribution in [3.8, 4) is 11.3 Å². The zero-order valence-corrected chi connectivity index (χ0v) is 23.7. The number of anilines is 2. The molecule has 2 amide bonds. The molecule has 5 aromatic rings. The molecular formula is C29H26BrN9O2. The fourth-order valence-electron chi connectivity index (χ4n) is 6.24. The van der Waals surface area contributed by atoms with Gasteiger partial charge in [-0.2, -0.15) is 0 Å². The summed E-state index contributed by atoms with van der Waals surface area (Å²) in [5.74, 6) is 0.668. The number of aromatic nitrogens is 6. The van der Waals surface area contributed by atoms with E-state index in [1.807, 2.05) is 29.7 Å². The van der Waals surface area contributed by atoms with Gasteiger partial charge in [-0.05, 0) is 83.9 Å². The Morgan fingerprint density at radius 2 is 2.02 bits per heavy atom. The number of hydrogen-bond acceptors (Lipinski definition) is 8. The lowest BCUT2D eigenvalue weighted by molar-refractivity contribution is -0.140. The number of nitrogen functional groups attached to an aromatic ring is 1. The number of fused-ring (bicyclic) bond motifs is 4. The number of pyridine rings is 3. The Morgan fingerprint density at radius 3 is 2.78 bits per heavy atom. The molecule has 0 bridgehead atoms. The van der Waals surface area contributed by atoms with Crippen LogP contribution in [-0.2, 0) is 16.1 Å². The van der Waals surface area contributed by atoms with Crippen LogP contribution in [0.15, 0.2) is 59.7 Å². The summed E-state index contributed by atoms with van der Waals surface area (Å²) in [5, 5.41) is 3.50. The third-order valence-electron chi connectivity index (χ3n) is 8.21. The zero-order chi connectivity index (χ0) is 28.2. The van der Waals surface area contributed by atoms with E-state index in [1.54, 1.807) is 35.5 Å². The van der Waals surface area contributed by atoms with Crippen LogP contribution < -0.4 is 11.1 Å². The number of amides is 2. The molecule has 2 aliphatic rings. The molecule has 3 atom stereocenters. The summed E-state index contributed by atoms with van der Waals surface area (Å²) < 4.78 is 2.48. The fraction of sp³-hybridized carbons (Fsp3) is 0.276. The smallest absolute Gasteiger partial charge is 0.248 e. The number of nitrogens with one attached hydrogen (secondary N) is 1. The van der Waals surface area contributed by atoms with Crippen LogP contribution in [0.5, 0.6) is 0 Å². The van der Waals surface area contributed by atoms with Gasteiger partial charge in [0, 0.05) is 24.0 Å².